The van der Waals surface area contributed by atoms with Gasteiger partial charge in [-0.2, -0.15) is 9.40 Å². The molecular weight excluding hydrogens is 362 g/mol. The topological polar surface area (TPSA) is 72.4 Å². The van der Waals surface area contributed by atoms with Crippen molar-refractivity contribution in [1.82, 2.24) is 14.5 Å². The molecule has 6 nitrogen and oxygen atoms in total. The number of nitrogens with zero attached hydrogens (tertiary/aromatic N) is 3. The van der Waals surface area contributed by atoms with Crippen molar-refractivity contribution >= 4 is 20.8 Å². The molecule has 1 aliphatic rings. The van der Waals surface area contributed by atoms with Crippen molar-refractivity contribution in [3.8, 4) is 5.88 Å². The molecular formula is C20H21N3O3S. The molecule has 2 aromatic carbocycles. The van der Waals surface area contributed by atoms with Crippen molar-refractivity contribution in [3.63, 3.8) is 0 Å². The van der Waals surface area contributed by atoms with Crippen LogP contribution in [-0.2, 0) is 10.0 Å². The van der Waals surface area contributed by atoms with Crippen LogP contribution in [0.2, 0.25) is 0 Å². The van der Waals surface area contributed by atoms with Crippen molar-refractivity contribution in [1.29, 1.82) is 0 Å². The van der Waals surface area contributed by atoms with Gasteiger partial charge in [-0.1, -0.05) is 35.9 Å². The first-order valence-corrected chi connectivity index (χ1v) is 10.4. The Bertz CT molecular complexity index is 1040. The van der Waals surface area contributed by atoms with Gasteiger partial charge in [0, 0.05) is 23.9 Å². The lowest BCUT2D eigenvalue weighted by molar-refractivity contribution is 0.130. The molecule has 0 unspecified atom stereocenters. The fourth-order valence-electron chi connectivity index (χ4n) is 3.30. The summed E-state index contributed by atoms with van der Waals surface area (Å²) in [5, 5.41) is 10.0. The maximum atomic E-state index is 12.8. The molecule has 0 radical (unpaired) electrons. The van der Waals surface area contributed by atoms with Crippen LogP contribution in [0.4, 0.5) is 0 Å². The number of hydrogen-bond donors (Lipinski definition) is 0. The number of rotatable bonds is 4. The first kappa shape index (κ1) is 17.9. The number of fused-ring (bicyclic) bond motifs is 1. The van der Waals surface area contributed by atoms with E-state index in [2.05, 4.69) is 10.2 Å². The van der Waals surface area contributed by atoms with Crippen LogP contribution < -0.4 is 4.74 Å². The highest BCUT2D eigenvalue weighted by Crippen LogP contribution is 2.26. The highest BCUT2D eigenvalue weighted by Gasteiger charge is 2.30. The molecule has 0 atom stereocenters. The van der Waals surface area contributed by atoms with E-state index in [0.717, 1.165) is 16.3 Å². The van der Waals surface area contributed by atoms with E-state index in [0.29, 0.717) is 36.7 Å². The zero-order valence-electron chi connectivity index (χ0n) is 15.1. The Morgan fingerprint density at radius 1 is 1.04 bits per heavy atom. The number of aromatic nitrogens is 2. The van der Waals surface area contributed by atoms with E-state index in [1.54, 1.807) is 18.3 Å². The van der Waals surface area contributed by atoms with Gasteiger partial charge in [0.1, 0.15) is 6.10 Å². The molecule has 27 heavy (non-hydrogen) atoms. The summed E-state index contributed by atoms with van der Waals surface area (Å²) < 4.78 is 33.2. The van der Waals surface area contributed by atoms with E-state index in [1.165, 1.54) is 4.31 Å². The van der Waals surface area contributed by atoms with Crippen molar-refractivity contribution < 1.29 is 13.2 Å². The van der Waals surface area contributed by atoms with Gasteiger partial charge in [0.05, 0.1) is 11.1 Å². The predicted octanol–water partition coefficient (Wildman–Crippen LogP) is 3.17. The quantitative estimate of drug-likeness (QED) is 0.692. The standard InChI is InChI=1S/C20H21N3O3S/c1-15-6-8-18(9-7-15)27(24,25)23-12-10-17(11-13-23)26-20-19-5-3-2-4-16(19)14-21-22-20/h2-9,14,17H,10-13H2,1H3. The van der Waals surface area contributed by atoms with Crippen molar-refractivity contribution in [2.75, 3.05) is 13.1 Å². The molecule has 3 aromatic rings. The Kier molecular flexibility index (Phi) is 4.80. The second kappa shape index (κ2) is 7.25. The van der Waals surface area contributed by atoms with Gasteiger partial charge in [0.2, 0.25) is 15.9 Å². The second-order valence-corrected chi connectivity index (χ2v) is 8.71. The minimum atomic E-state index is -3.46. The van der Waals surface area contributed by atoms with Crippen molar-refractivity contribution in [2.45, 2.75) is 30.8 Å². The van der Waals surface area contributed by atoms with Crippen LogP contribution in [0.5, 0.6) is 5.88 Å². The highest BCUT2D eigenvalue weighted by molar-refractivity contribution is 7.89. The average molecular weight is 383 g/mol. The summed E-state index contributed by atoms with van der Waals surface area (Å²) in [5.74, 6) is 0.507. The summed E-state index contributed by atoms with van der Waals surface area (Å²) in [6, 6.07) is 14.8. The summed E-state index contributed by atoms with van der Waals surface area (Å²) in [4.78, 5) is 0.340. The first-order chi connectivity index (χ1) is 13.0. The monoisotopic (exact) mass is 383 g/mol. The normalized spacial score (nSPS) is 16.5. The van der Waals surface area contributed by atoms with Crippen molar-refractivity contribution in [2.24, 2.45) is 0 Å². The molecule has 7 heteroatoms. The van der Waals surface area contributed by atoms with E-state index in [9.17, 15) is 8.42 Å². The molecule has 0 aliphatic carbocycles. The molecule has 4 rings (SSSR count). The highest BCUT2D eigenvalue weighted by atomic mass is 32.2. The molecule has 0 spiro atoms. The smallest absolute Gasteiger partial charge is 0.243 e. The van der Waals surface area contributed by atoms with Gasteiger partial charge in [-0.25, -0.2) is 8.42 Å². The molecule has 1 fully saturated rings. The second-order valence-electron chi connectivity index (χ2n) is 6.77. The number of ether oxygens (including phenoxy) is 1. The fourth-order valence-corrected chi connectivity index (χ4v) is 4.77. The Morgan fingerprint density at radius 2 is 1.74 bits per heavy atom. The van der Waals surface area contributed by atoms with Crippen LogP contribution in [0.15, 0.2) is 59.6 Å². The summed E-state index contributed by atoms with van der Waals surface area (Å²) in [5.41, 5.74) is 1.04. The van der Waals surface area contributed by atoms with E-state index >= 15 is 0 Å². The Hall–Kier alpha value is -2.51. The first-order valence-electron chi connectivity index (χ1n) is 8.98. The maximum absolute atomic E-state index is 12.8. The van der Waals surface area contributed by atoms with Crippen LogP contribution in [0, 0.1) is 6.92 Å². The van der Waals surface area contributed by atoms with Crippen LogP contribution in [-0.4, -0.2) is 42.1 Å². The van der Waals surface area contributed by atoms with Gasteiger partial charge >= 0.3 is 0 Å². The molecule has 0 bridgehead atoms. The van der Waals surface area contributed by atoms with Gasteiger partial charge in [-0.15, -0.1) is 5.10 Å². The van der Waals surface area contributed by atoms with E-state index in [-0.39, 0.29) is 6.10 Å². The van der Waals surface area contributed by atoms with Crippen LogP contribution in [0.1, 0.15) is 18.4 Å². The molecule has 2 heterocycles. The molecule has 0 amide bonds. The molecule has 0 saturated carbocycles. The lowest BCUT2D eigenvalue weighted by Gasteiger charge is -2.31. The SMILES string of the molecule is Cc1ccc(S(=O)(=O)N2CCC(Oc3nncc4ccccc34)CC2)cc1. The van der Waals surface area contributed by atoms with Gasteiger partial charge in [-0.3, -0.25) is 0 Å². The van der Waals surface area contributed by atoms with Crippen LogP contribution in [0.3, 0.4) is 0 Å². The number of sulfonamides is 1. The molecule has 1 saturated heterocycles. The predicted molar refractivity (Wildman–Crippen MR) is 103 cm³/mol. The molecule has 1 aromatic heterocycles. The van der Waals surface area contributed by atoms with E-state index in [4.69, 9.17) is 4.74 Å². The third-order valence-corrected chi connectivity index (χ3v) is 6.79. The lowest BCUT2D eigenvalue weighted by atomic mass is 10.1. The summed E-state index contributed by atoms with van der Waals surface area (Å²) in [6.45, 7) is 2.80. The largest absolute Gasteiger partial charge is 0.473 e. The zero-order valence-corrected chi connectivity index (χ0v) is 15.9. The Labute approximate surface area is 158 Å². The van der Waals surface area contributed by atoms with E-state index in [1.807, 2.05) is 43.3 Å². The third-order valence-electron chi connectivity index (χ3n) is 4.87. The maximum Gasteiger partial charge on any atom is 0.243 e. The van der Waals surface area contributed by atoms with Gasteiger partial charge in [-0.05, 0) is 38.0 Å². The molecule has 140 valence electrons. The average Bonchev–Trinajstić information content (AvgIpc) is 2.69. The molecule has 0 N–H and O–H groups in total. The minimum absolute atomic E-state index is 0.0745. The number of aryl methyl sites for hydroxylation is 1. The van der Waals surface area contributed by atoms with Gasteiger partial charge in [0.25, 0.3) is 0 Å². The Balaban J connectivity index is 1.45. The zero-order chi connectivity index (χ0) is 18.9. The van der Waals surface area contributed by atoms with Crippen LogP contribution >= 0.6 is 0 Å². The lowest BCUT2D eigenvalue weighted by Crippen LogP contribution is -2.41. The summed E-state index contributed by atoms with van der Waals surface area (Å²) in [6.07, 6.45) is 2.87. The van der Waals surface area contributed by atoms with Crippen molar-refractivity contribution in [3.05, 3.63) is 60.3 Å². The van der Waals surface area contributed by atoms with Gasteiger partial charge < -0.3 is 4.74 Å². The third kappa shape index (κ3) is 3.65. The number of piperidine rings is 1. The summed E-state index contributed by atoms with van der Waals surface area (Å²) >= 11 is 0. The van der Waals surface area contributed by atoms with Crippen LogP contribution in [0.25, 0.3) is 10.8 Å². The van der Waals surface area contributed by atoms with E-state index < -0.39 is 10.0 Å². The Morgan fingerprint density at radius 3 is 2.48 bits per heavy atom. The number of benzene rings is 2. The fraction of sp³-hybridized carbons (Fsp3) is 0.300. The molecule has 1 aliphatic heterocycles. The summed E-state index contributed by atoms with van der Waals surface area (Å²) in [7, 11) is -3.46. The van der Waals surface area contributed by atoms with Gasteiger partial charge in [0.15, 0.2) is 0 Å². The minimum Gasteiger partial charge on any atom is -0.473 e. The number of hydrogen-bond acceptors (Lipinski definition) is 5.